The number of benzene rings is 8. The number of aromatic nitrogens is 1. The van der Waals surface area contributed by atoms with Crippen molar-refractivity contribution in [3.8, 4) is 16.8 Å². The summed E-state index contributed by atoms with van der Waals surface area (Å²) in [5.41, 5.74) is 10.9. The van der Waals surface area contributed by atoms with Crippen molar-refractivity contribution in [2.24, 2.45) is 0 Å². The molecule has 10 rings (SSSR count). The number of rotatable bonds is 5. The Morgan fingerprint density at radius 3 is 2.00 bits per heavy atom. The van der Waals surface area contributed by atoms with Gasteiger partial charge in [-0.15, -0.1) is 0 Å². The molecule has 0 aliphatic carbocycles. The van der Waals surface area contributed by atoms with Gasteiger partial charge in [0.05, 0.1) is 22.4 Å². The molecule has 0 saturated heterocycles. The van der Waals surface area contributed by atoms with Gasteiger partial charge >= 0.3 is 0 Å². The van der Waals surface area contributed by atoms with Crippen molar-refractivity contribution in [3.05, 3.63) is 182 Å². The lowest BCUT2D eigenvalue weighted by molar-refractivity contribution is 0.672. The molecule has 49 heavy (non-hydrogen) atoms. The summed E-state index contributed by atoms with van der Waals surface area (Å²) in [7, 11) is 0. The number of anilines is 3. The van der Waals surface area contributed by atoms with Gasteiger partial charge in [-0.25, -0.2) is 0 Å². The maximum atomic E-state index is 6.56. The van der Waals surface area contributed by atoms with Crippen molar-refractivity contribution in [2.75, 3.05) is 4.90 Å². The predicted octanol–water partition coefficient (Wildman–Crippen LogP) is 13.0. The van der Waals surface area contributed by atoms with Gasteiger partial charge in [0.2, 0.25) is 0 Å². The Bertz CT molecular complexity index is 2830. The van der Waals surface area contributed by atoms with Crippen molar-refractivity contribution in [1.82, 2.24) is 4.57 Å². The van der Waals surface area contributed by atoms with Crippen LogP contribution >= 0.6 is 0 Å². The molecule has 0 unspecified atom stereocenters. The van der Waals surface area contributed by atoms with Crippen molar-refractivity contribution >= 4 is 71.6 Å². The van der Waals surface area contributed by atoms with E-state index in [2.05, 4.69) is 185 Å². The third-order valence-corrected chi connectivity index (χ3v) is 9.76. The van der Waals surface area contributed by atoms with E-state index in [-0.39, 0.29) is 0 Å². The summed E-state index contributed by atoms with van der Waals surface area (Å²) in [6, 6.07) is 65.0. The van der Waals surface area contributed by atoms with E-state index in [1.165, 1.54) is 21.9 Å². The minimum Gasteiger partial charge on any atom is -0.455 e. The van der Waals surface area contributed by atoms with Crippen LogP contribution in [0.25, 0.3) is 71.3 Å². The molecule has 0 fully saturated rings. The Labute approximate surface area is 283 Å². The van der Waals surface area contributed by atoms with E-state index in [9.17, 15) is 0 Å². The second kappa shape index (κ2) is 11.0. The summed E-state index contributed by atoms with van der Waals surface area (Å²) in [4.78, 5) is 2.44. The monoisotopic (exact) mass is 626 g/mol. The Morgan fingerprint density at radius 1 is 0.449 bits per heavy atom. The van der Waals surface area contributed by atoms with Crippen molar-refractivity contribution in [2.45, 2.75) is 0 Å². The smallest absolute Gasteiger partial charge is 0.143 e. The first-order chi connectivity index (χ1) is 24.3. The molecule has 0 aliphatic rings. The maximum Gasteiger partial charge on any atom is 0.143 e. The molecular weight excluding hydrogens is 597 g/mol. The fourth-order valence-corrected chi connectivity index (χ4v) is 7.61. The summed E-state index contributed by atoms with van der Waals surface area (Å²) in [5.74, 6) is 0. The van der Waals surface area contributed by atoms with E-state index in [4.69, 9.17) is 4.42 Å². The summed E-state index contributed by atoms with van der Waals surface area (Å²) in [6.07, 6.45) is 0. The molecule has 3 heteroatoms. The predicted molar refractivity (Wildman–Crippen MR) is 206 cm³/mol. The number of furan rings is 1. The maximum absolute atomic E-state index is 6.56. The molecule has 3 nitrogen and oxygen atoms in total. The summed E-state index contributed by atoms with van der Waals surface area (Å²) in [5, 5.41) is 6.91. The molecule has 10 aromatic rings. The van der Waals surface area contributed by atoms with Crippen LogP contribution in [0.4, 0.5) is 17.1 Å². The van der Waals surface area contributed by atoms with E-state index in [1.54, 1.807) is 0 Å². The van der Waals surface area contributed by atoms with Crippen LogP contribution in [0.2, 0.25) is 0 Å². The quantitative estimate of drug-likeness (QED) is 0.190. The van der Waals surface area contributed by atoms with E-state index < -0.39 is 0 Å². The Hall–Kier alpha value is -6.58. The molecule has 2 heterocycles. The van der Waals surface area contributed by atoms with Crippen LogP contribution in [0.15, 0.2) is 186 Å². The molecule has 0 saturated carbocycles. The average molecular weight is 627 g/mol. The van der Waals surface area contributed by atoms with Gasteiger partial charge in [0.25, 0.3) is 0 Å². The first-order valence-corrected chi connectivity index (χ1v) is 16.7. The highest BCUT2D eigenvalue weighted by Crippen LogP contribution is 2.47. The molecule has 8 aromatic carbocycles. The number of nitrogens with zero attached hydrogens (tertiary/aromatic N) is 2. The van der Waals surface area contributed by atoms with Gasteiger partial charge in [-0.3, -0.25) is 0 Å². The summed E-state index contributed by atoms with van der Waals surface area (Å²) >= 11 is 0. The highest BCUT2D eigenvalue weighted by molar-refractivity contribution is 6.18. The van der Waals surface area contributed by atoms with Gasteiger partial charge in [0, 0.05) is 43.9 Å². The molecule has 0 spiro atoms. The zero-order valence-electron chi connectivity index (χ0n) is 26.6. The van der Waals surface area contributed by atoms with Gasteiger partial charge in [0.1, 0.15) is 11.2 Å². The first-order valence-electron chi connectivity index (χ1n) is 16.7. The third-order valence-electron chi connectivity index (χ3n) is 9.76. The second-order valence-corrected chi connectivity index (χ2v) is 12.5. The van der Waals surface area contributed by atoms with Crippen molar-refractivity contribution in [3.63, 3.8) is 0 Å². The molecule has 2 aromatic heterocycles. The molecule has 0 N–H and O–H groups in total. The molecule has 0 bridgehead atoms. The molecule has 0 radical (unpaired) electrons. The number of hydrogen-bond acceptors (Lipinski definition) is 2. The molecule has 0 amide bonds. The van der Waals surface area contributed by atoms with E-state index in [1.807, 2.05) is 6.07 Å². The lowest BCUT2D eigenvalue weighted by atomic mass is 10.00. The lowest BCUT2D eigenvalue weighted by Gasteiger charge is -2.29. The van der Waals surface area contributed by atoms with Crippen LogP contribution in [0.3, 0.4) is 0 Å². The normalized spacial score (nSPS) is 11.7. The Morgan fingerprint density at radius 2 is 1.12 bits per heavy atom. The van der Waals surface area contributed by atoms with Crippen molar-refractivity contribution in [1.29, 1.82) is 0 Å². The zero-order valence-corrected chi connectivity index (χ0v) is 26.6. The van der Waals surface area contributed by atoms with Gasteiger partial charge in [-0.05, 0) is 71.6 Å². The minimum atomic E-state index is 0.903. The minimum absolute atomic E-state index is 0.903. The number of fused-ring (bicyclic) bond motifs is 8. The van der Waals surface area contributed by atoms with E-state index in [0.29, 0.717) is 0 Å². The first kappa shape index (κ1) is 27.5. The third kappa shape index (κ3) is 4.29. The number of para-hydroxylation sites is 4. The second-order valence-electron chi connectivity index (χ2n) is 12.5. The Balaban J connectivity index is 1.31. The van der Waals surface area contributed by atoms with E-state index in [0.717, 1.165) is 66.5 Å². The van der Waals surface area contributed by atoms with Gasteiger partial charge in [0.15, 0.2) is 0 Å². The highest BCUT2D eigenvalue weighted by atomic mass is 16.3. The molecule has 230 valence electrons. The topological polar surface area (TPSA) is 21.3 Å². The van der Waals surface area contributed by atoms with Crippen LogP contribution < -0.4 is 4.90 Å². The fourth-order valence-electron chi connectivity index (χ4n) is 7.61. The molecule has 0 atom stereocenters. The van der Waals surface area contributed by atoms with Crippen LogP contribution in [-0.4, -0.2) is 4.57 Å². The molecular formula is C46H30N2O. The summed E-state index contributed by atoms with van der Waals surface area (Å²) in [6.45, 7) is 0. The van der Waals surface area contributed by atoms with Gasteiger partial charge in [-0.2, -0.15) is 0 Å². The Kier molecular flexibility index (Phi) is 6.18. The number of hydrogen-bond donors (Lipinski definition) is 0. The van der Waals surface area contributed by atoms with Gasteiger partial charge in [-0.1, -0.05) is 121 Å². The van der Waals surface area contributed by atoms with Crippen LogP contribution in [0.1, 0.15) is 0 Å². The van der Waals surface area contributed by atoms with Gasteiger partial charge < -0.3 is 13.9 Å². The lowest BCUT2D eigenvalue weighted by Crippen LogP contribution is -2.11. The van der Waals surface area contributed by atoms with Crippen LogP contribution in [0, 0.1) is 0 Å². The van der Waals surface area contributed by atoms with Crippen LogP contribution in [-0.2, 0) is 0 Å². The SMILES string of the molecule is c1ccc(-c2ccccc2N(c2ccc3ccc4c5ccccc5oc4c3c2)c2cccc3c2c2ccccc2n3-c2ccccc2)cc1. The average Bonchev–Trinajstić information content (AvgIpc) is 3.73. The van der Waals surface area contributed by atoms with Crippen LogP contribution in [0.5, 0.6) is 0 Å². The largest absolute Gasteiger partial charge is 0.455 e. The fraction of sp³-hybridized carbons (Fsp3) is 0. The van der Waals surface area contributed by atoms with E-state index >= 15 is 0 Å². The summed E-state index contributed by atoms with van der Waals surface area (Å²) < 4.78 is 8.95. The molecule has 0 aliphatic heterocycles. The van der Waals surface area contributed by atoms with Crippen molar-refractivity contribution < 1.29 is 4.42 Å². The zero-order chi connectivity index (χ0) is 32.3. The highest BCUT2D eigenvalue weighted by Gasteiger charge is 2.23. The standard InChI is InChI=1S/C46H30N2O/c1-3-14-31(15-4-1)35-18-7-10-21-40(35)48(34-28-26-32-27-29-37-36-19-9-12-25-44(36)49-46(37)39(32)30-34)43-24-13-23-42-45(43)38-20-8-11-22-41(38)47(42)33-16-5-2-6-17-33/h1-30H.